The molecule has 0 saturated heterocycles. The van der Waals surface area contributed by atoms with Crippen molar-refractivity contribution in [2.24, 2.45) is 0 Å². The molecule has 0 radical (unpaired) electrons. The van der Waals surface area contributed by atoms with E-state index >= 15 is 0 Å². The maximum atomic E-state index is 13.3. The highest BCUT2D eigenvalue weighted by Crippen LogP contribution is 2.31. The lowest BCUT2D eigenvalue weighted by Gasteiger charge is -2.15. The fraction of sp³-hybridized carbons (Fsp3) is 0.308. The Morgan fingerprint density at radius 2 is 1.52 bits per heavy atom. The van der Waals surface area contributed by atoms with Crippen molar-refractivity contribution in [1.82, 2.24) is 0 Å². The summed E-state index contributed by atoms with van der Waals surface area (Å²) in [5.74, 6) is -2.88. The predicted molar refractivity (Wildman–Crippen MR) is 160 cm³/mol. The molecule has 17 nitrogen and oxygen atoms in total. The zero-order chi connectivity index (χ0) is 33.8. The van der Waals surface area contributed by atoms with Crippen LogP contribution in [0.3, 0.4) is 0 Å². The summed E-state index contributed by atoms with van der Waals surface area (Å²) >= 11 is 5.16. The summed E-state index contributed by atoms with van der Waals surface area (Å²) in [6.45, 7) is 0.640. The molecule has 2 aromatic carbocycles. The monoisotopic (exact) mass is 697 g/mol. The fourth-order valence-electron chi connectivity index (χ4n) is 3.83. The lowest BCUT2D eigenvalue weighted by Crippen LogP contribution is -2.29. The van der Waals surface area contributed by atoms with Gasteiger partial charge >= 0.3 is 11.9 Å². The lowest BCUT2D eigenvalue weighted by atomic mass is 10.0. The van der Waals surface area contributed by atoms with Crippen LogP contribution in [0.15, 0.2) is 48.5 Å². The Labute approximate surface area is 270 Å². The van der Waals surface area contributed by atoms with Crippen LogP contribution >= 0.6 is 32.9 Å². The summed E-state index contributed by atoms with van der Waals surface area (Å²) < 4.78 is 11.4. The second-order valence-corrected chi connectivity index (χ2v) is 12.1. The van der Waals surface area contributed by atoms with Gasteiger partial charge in [-0.1, -0.05) is 45.9 Å². The Morgan fingerprint density at radius 3 is 2.11 bits per heavy atom. The van der Waals surface area contributed by atoms with Crippen LogP contribution < -0.4 is 9.47 Å². The molecular formula is C26H23N3O14S3. The zero-order valence-electron chi connectivity index (χ0n) is 23.6. The third kappa shape index (κ3) is 11.4. The van der Waals surface area contributed by atoms with Gasteiger partial charge in [0.15, 0.2) is 0 Å². The van der Waals surface area contributed by atoms with E-state index in [9.17, 15) is 44.7 Å². The van der Waals surface area contributed by atoms with Crippen molar-refractivity contribution in [1.29, 1.82) is 0 Å². The third-order valence-electron chi connectivity index (χ3n) is 5.84. The highest BCUT2D eigenvalue weighted by atomic mass is 32.9. The molecule has 0 N–H and O–H groups in total. The largest absolute Gasteiger partial charge is 0.426 e. The fourth-order valence-corrected chi connectivity index (χ4v) is 6.23. The van der Waals surface area contributed by atoms with Gasteiger partial charge in [-0.25, -0.2) is 4.79 Å². The minimum absolute atomic E-state index is 0.116. The van der Waals surface area contributed by atoms with Crippen molar-refractivity contribution >= 4 is 50.6 Å². The van der Waals surface area contributed by atoms with E-state index in [1.807, 2.05) is 6.07 Å². The molecule has 0 aliphatic rings. The first-order valence-electron chi connectivity index (χ1n) is 13.0. The van der Waals surface area contributed by atoms with Crippen LogP contribution in [-0.4, -0.2) is 51.8 Å². The van der Waals surface area contributed by atoms with E-state index in [4.69, 9.17) is 21.7 Å². The zero-order valence-corrected chi connectivity index (χ0v) is 26.0. The molecule has 0 bridgehead atoms. The molecular weight excluding hydrogens is 674 g/mol. The van der Waals surface area contributed by atoms with E-state index in [-0.39, 0.29) is 41.9 Å². The van der Waals surface area contributed by atoms with Gasteiger partial charge in [0.25, 0.3) is 15.3 Å². The number of esters is 2. The molecule has 0 saturated carbocycles. The Bertz CT molecular complexity index is 1660. The molecule has 2 unspecified atom stereocenters. The molecule has 20 heteroatoms. The van der Waals surface area contributed by atoms with Crippen LogP contribution in [0, 0.1) is 34.2 Å². The van der Waals surface area contributed by atoms with Gasteiger partial charge in [0.2, 0.25) is 0 Å². The molecule has 2 atom stereocenters. The smallest absolute Gasteiger partial charge is 0.347 e. The highest BCUT2D eigenvalue weighted by molar-refractivity contribution is 7.80. The Morgan fingerprint density at radius 1 is 0.848 bits per heavy atom. The molecule has 0 spiro atoms. The molecule has 0 fully saturated rings. The normalized spacial score (nSPS) is 11.8. The number of Topliss-reactive ketones (excluding diaryl/α,β-unsaturated/α-hetero) is 1. The van der Waals surface area contributed by atoms with Gasteiger partial charge in [0.05, 0.1) is 6.42 Å². The van der Waals surface area contributed by atoms with E-state index in [1.165, 1.54) is 51.0 Å². The van der Waals surface area contributed by atoms with Crippen LogP contribution in [0.4, 0.5) is 0 Å². The molecule has 0 aliphatic heterocycles. The molecule has 0 amide bonds. The standard InChI is InChI=1S/C26H23N3O14S3/c1-2-18(42-28(35)36)11-17(30)9-15-3-8-22(41-24(31)12-20(43-29(37)38)14-39-27(33)34)21(10-15)26(32)40-19-6-4-16(5-7-19)23-13-25(44)46-45-23/h3-8,10,13,18,20H,2,9,11-12,14H2,1H3. The number of ketones is 1. The Kier molecular flexibility index (Phi) is 13.0. The highest BCUT2D eigenvalue weighted by Gasteiger charge is 2.25. The van der Waals surface area contributed by atoms with Gasteiger partial charge in [0.1, 0.15) is 45.5 Å². The number of hydrogen-bond acceptors (Lipinski definition) is 17. The number of carbonyl (C=O) groups excluding carboxylic acids is 3. The SMILES string of the molecule is CCC(CC(=O)Cc1ccc(OC(=O)CC(CO[N+](=O)[O-])O[N+](=O)[O-])c(C(=O)Oc2ccc(-c3cc(=S)ss3)cc2)c1)O[N+](=O)[O-]. The topological polar surface area (TPSA) is 227 Å². The third-order valence-corrected chi connectivity index (χ3v) is 8.75. The molecule has 1 heterocycles. The van der Waals surface area contributed by atoms with Crippen molar-refractivity contribution in [3.63, 3.8) is 0 Å². The maximum absolute atomic E-state index is 13.3. The molecule has 3 rings (SSSR count). The van der Waals surface area contributed by atoms with Gasteiger partial charge in [-0.05, 0) is 60.0 Å². The Hall–Kier alpha value is -5.08. The average molecular weight is 698 g/mol. The van der Waals surface area contributed by atoms with Crippen LogP contribution in [-0.2, 0) is 30.5 Å². The molecule has 46 heavy (non-hydrogen) atoms. The Balaban J connectivity index is 1.84. The minimum atomic E-state index is -1.72. The van der Waals surface area contributed by atoms with Crippen molar-refractivity contribution in [3.05, 3.63) is 93.8 Å². The van der Waals surface area contributed by atoms with Crippen molar-refractivity contribution < 1.29 is 53.6 Å². The molecule has 0 aliphatic carbocycles. The quantitative estimate of drug-likeness (QED) is 0.0426. The first-order chi connectivity index (χ1) is 21.8. The second-order valence-electron chi connectivity index (χ2n) is 9.17. The van der Waals surface area contributed by atoms with Crippen LogP contribution in [0.2, 0.25) is 0 Å². The summed E-state index contributed by atoms with van der Waals surface area (Å²) in [6, 6.07) is 12.0. The number of carbonyl (C=O) groups is 3. The van der Waals surface area contributed by atoms with Gasteiger partial charge in [-0.2, -0.15) is 0 Å². The lowest BCUT2D eigenvalue weighted by molar-refractivity contribution is -0.789. The van der Waals surface area contributed by atoms with Gasteiger partial charge < -0.3 is 24.0 Å². The van der Waals surface area contributed by atoms with Gasteiger partial charge in [-0.3, -0.25) is 9.59 Å². The summed E-state index contributed by atoms with van der Waals surface area (Å²) in [5, 5.41) is 28.4. The first-order valence-corrected chi connectivity index (χ1v) is 15.6. The van der Waals surface area contributed by atoms with E-state index in [1.54, 1.807) is 19.1 Å². The number of rotatable bonds is 18. The van der Waals surface area contributed by atoms with Crippen LogP contribution in [0.1, 0.15) is 42.1 Å². The van der Waals surface area contributed by atoms with E-state index in [0.29, 0.717) is 3.82 Å². The van der Waals surface area contributed by atoms with E-state index < -0.39 is 58.2 Å². The predicted octanol–water partition coefficient (Wildman–Crippen LogP) is 4.99. The minimum Gasteiger partial charge on any atom is -0.426 e. The number of nitrogens with zero attached hydrogens (tertiary/aromatic N) is 3. The molecule has 1 aromatic heterocycles. The van der Waals surface area contributed by atoms with Gasteiger partial charge in [-0.15, -0.1) is 30.3 Å². The maximum Gasteiger partial charge on any atom is 0.347 e. The van der Waals surface area contributed by atoms with Crippen molar-refractivity contribution in [3.8, 4) is 21.9 Å². The van der Waals surface area contributed by atoms with Crippen molar-refractivity contribution in [2.45, 2.75) is 44.8 Å². The van der Waals surface area contributed by atoms with Crippen LogP contribution in [0.5, 0.6) is 11.5 Å². The number of ether oxygens (including phenoxy) is 2. The average Bonchev–Trinajstić information content (AvgIpc) is 3.42. The number of hydrogen-bond donors (Lipinski definition) is 0. The van der Waals surface area contributed by atoms with Crippen molar-refractivity contribution in [2.75, 3.05) is 6.61 Å². The number of benzene rings is 2. The summed E-state index contributed by atoms with van der Waals surface area (Å²) in [7, 11) is 2.91. The van der Waals surface area contributed by atoms with E-state index in [0.717, 1.165) is 10.4 Å². The molecule has 244 valence electrons. The summed E-state index contributed by atoms with van der Waals surface area (Å²) in [6.07, 6.45) is -3.95. The van der Waals surface area contributed by atoms with Gasteiger partial charge in [0, 0.05) is 17.7 Å². The van der Waals surface area contributed by atoms with Crippen LogP contribution in [0.25, 0.3) is 10.4 Å². The second kappa shape index (κ2) is 16.8. The first kappa shape index (κ1) is 35.4. The van der Waals surface area contributed by atoms with E-state index in [2.05, 4.69) is 14.5 Å². The summed E-state index contributed by atoms with van der Waals surface area (Å²) in [4.78, 5) is 84.2. The molecule has 3 aromatic rings. The summed E-state index contributed by atoms with van der Waals surface area (Å²) in [5.41, 5.74) is 0.766.